The monoisotopic (exact) mass is 357 g/mol. The van der Waals surface area contributed by atoms with Gasteiger partial charge in [-0.2, -0.15) is 0 Å². The van der Waals surface area contributed by atoms with Crippen LogP contribution in [0.2, 0.25) is 0 Å². The summed E-state index contributed by atoms with van der Waals surface area (Å²) in [6, 6.07) is 15.0. The number of hydrogen-bond acceptors (Lipinski definition) is 5. The third-order valence-electron chi connectivity index (χ3n) is 3.66. The van der Waals surface area contributed by atoms with Gasteiger partial charge in [-0.05, 0) is 49.7 Å². The van der Waals surface area contributed by atoms with Crippen molar-refractivity contribution < 1.29 is 14.3 Å². The SMILES string of the molecule is CCOC(=O)CCCOc1ccc(-n2sc3ccccc3c2=O)cc1. The van der Waals surface area contributed by atoms with Gasteiger partial charge in [-0.15, -0.1) is 0 Å². The predicted molar refractivity (Wildman–Crippen MR) is 98.8 cm³/mol. The number of benzene rings is 2. The maximum Gasteiger partial charge on any atom is 0.305 e. The Labute approximate surface area is 149 Å². The van der Waals surface area contributed by atoms with Crippen LogP contribution in [-0.2, 0) is 9.53 Å². The minimum absolute atomic E-state index is 0.0105. The third kappa shape index (κ3) is 4.09. The molecule has 1 aromatic heterocycles. The van der Waals surface area contributed by atoms with Crippen LogP contribution in [0.15, 0.2) is 53.3 Å². The average Bonchev–Trinajstić information content (AvgIpc) is 2.97. The number of hydrogen-bond donors (Lipinski definition) is 0. The molecule has 130 valence electrons. The van der Waals surface area contributed by atoms with Crippen molar-refractivity contribution in [3.63, 3.8) is 0 Å². The van der Waals surface area contributed by atoms with Gasteiger partial charge in [0.1, 0.15) is 5.75 Å². The van der Waals surface area contributed by atoms with Crippen LogP contribution >= 0.6 is 11.5 Å². The number of ether oxygens (including phenoxy) is 2. The van der Waals surface area contributed by atoms with E-state index in [0.29, 0.717) is 31.8 Å². The molecule has 0 amide bonds. The van der Waals surface area contributed by atoms with Gasteiger partial charge in [0.15, 0.2) is 0 Å². The summed E-state index contributed by atoms with van der Waals surface area (Å²) in [7, 11) is 0. The van der Waals surface area contributed by atoms with Crippen LogP contribution in [0.1, 0.15) is 19.8 Å². The fraction of sp³-hybridized carbons (Fsp3) is 0.263. The van der Waals surface area contributed by atoms with Crippen molar-refractivity contribution in [2.24, 2.45) is 0 Å². The van der Waals surface area contributed by atoms with Crippen molar-refractivity contribution in [1.29, 1.82) is 0 Å². The summed E-state index contributed by atoms with van der Waals surface area (Å²) >= 11 is 1.42. The molecule has 0 radical (unpaired) electrons. The molecule has 0 aliphatic rings. The number of carbonyl (C=O) groups is 1. The summed E-state index contributed by atoms with van der Waals surface area (Å²) in [4.78, 5) is 23.7. The highest BCUT2D eigenvalue weighted by atomic mass is 32.1. The van der Waals surface area contributed by atoms with Gasteiger partial charge in [0, 0.05) is 6.42 Å². The van der Waals surface area contributed by atoms with Crippen LogP contribution < -0.4 is 10.3 Å². The van der Waals surface area contributed by atoms with Gasteiger partial charge in [0.05, 0.1) is 29.0 Å². The summed E-state index contributed by atoms with van der Waals surface area (Å²) in [6.07, 6.45) is 0.958. The second kappa shape index (κ2) is 7.98. The predicted octanol–water partition coefficient (Wildman–Crippen LogP) is 3.77. The summed E-state index contributed by atoms with van der Waals surface area (Å²) in [5.74, 6) is 0.507. The first-order chi connectivity index (χ1) is 12.2. The summed E-state index contributed by atoms with van der Waals surface area (Å²) in [5.41, 5.74) is 0.800. The minimum Gasteiger partial charge on any atom is -0.494 e. The fourth-order valence-corrected chi connectivity index (χ4v) is 3.46. The van der Waals surface area contributed by atoms with Crippen molar-refractivity contribution in [1.82, 2.24) is 3.96 Å². The Morgan fingerprint density at radius 3 is 2.60 bits per heavy atom. The van der Waals surface area contributed by atoms with Gasteiger partial charge >= 0.3 is 5.97 Å². The molecule has 0 saturated carbocycles. The lowest BCUT2D eigenvalue weighted by Crippen LogP contribution is -2.10. The Hall–Kier alpha value is -2.60. The van der Waals surface area contributed by atoms with E-state index < -0.39 is 0 Å². The topological polar surface area (TPSA) is 57.5 Å². The van der Waals surface area contributed by atoms with E-state index in [0.717, 1.165) is 15.8 Å². The molecular formula is C19H19NO4S. The third-order valence-corrected chi connectivity index (χ3v) is 4.77. The van der Waals surface area contributed by atoms with Gasteiger partial charge in [-0.25, -0.2) is 3.96 Å². The van der Waals surface area contributed by atoms with Crippen molar-refractivity contribution in [2.75, 3.05) is 13.2 Å². The second-order valence-corrected chi connectivity index (χ2v) is 6.43. The Bertz CT molecular complexity index is 911. The molecule has 25 heavy (non-hydrogen) atoms. The number of carbonyl (C=O) groups excluding carboxylic acids is 1. The Morgan fingerprint density at radius 1 is 1.12 bits per heavy atom. The molecule has 0 spiro atoms. The summed E-state index contributed by atoms with van der Waals surface area (Å²) < 4.78 is 13.1. The van der Waals surface area contributed by atoms with Crippen molar-refractivity contribution >= 4 is 27.6 Å². The van der Waals surface area contributed by atoms with E-state index in [2.05, 4.69) is 0 Å². The first-order valence-corrected chi connectivity index (χ1v) is 8.96. The van der Waals surface area contributed by atoms with Crippen LogP contribution in [0.4, 0.5) is 0 Å². The van der Waals surface area contributed by atoms with E-state index in [1.165, 1.54) is 11.5 Å². The summed E-state index contributed by atoms with van der Waals surface area (Å²) in [6.45, 7) is 2.64. The number of nitrogens with zero attached hydrogens (tertiary/aromatic N) is 1. The lowest BCUT2D eigenvalue weighted by molar-refractivity contribution is -0.143. The van der Waals surface area contributed by atoms with Gasteiger partial charge in [0.2, 0.25) is 0 Å². The number of fused-ring (bicyclic) bond motifs is 1. The molecule has 6 heteroatoms. The highest BCUT2D eigenvalue weighted by Gasteiger charge is 2.08. The molecule has 0 saturated heterocycles. The first-order valence-electron chi connectivity index (χ1n) is 8.19. The lowest BCUT2D eigenvalue weighted by atomic mass is 10.2. The van der Waals surface area contributed by atoms with E-state index in [9.17, 15) is 9.59 Å². The maximum absolute atomic E-state index is 12.4. The zero-order valence-electron chi connectivity index (χ0n) is 13.9. The zero-order valence-corrected chi connectivity index (χ0v) is 14.8. The van der Waals surface area contributed by atoms with Crippen molar-refractivity contribution in [3.05, 3.63) is 58.9 Å². The first kappa shape index (κ1) is 17.2. The molecule has 0 fully saturated rings. The number of aromatic nitrogens is 1. The molecule has 5 nitrogen and oxygen atoms in total. The van der Waals surface area contributed by atoms with E-state index in [1.54, 1.807) is 10.9 Å². The normalized spacial score (nSPS) is 10.8. The van der Waals surface area contributed by atoms with Crippen LogP contribution in [-0.4, -0.2) is 23.1 Å². The molecule has 0 aliphatic carbocycles. The standard InChI is InChI=1S/C19H19NO4S/c1-2-23-18(21)8-5-13-24-15-11-9-14(10-12-15)20-19(22)16-6-3-4-7-17(16)25-20/h3-4,6-7,9-12H,2,5,8,13H2,1H3. The van der Waals surface area contributed by atoms with Crippen LogP contribution in [0, 0.1) is 0 Å². The molecular weight excluding hydrogens is 338 g/mol. The van der Waals surface area contributed by atoms with E-state index >= 15 is 0 Å². The second-order valence-electron chi connectivity index (χ2n) is 5.44. The molecule has 0 unspecified atom stereocenters. The Morgan fingerprint density at radius 2 is 1.88 bits per heavy atom. The number of esters is 1. The highest BCUT2D eigenvalue weighted by molar-refractivity contribution is 7.14. The van der Waals surface area contributed by atoms with Crippen molar-refractivity contribution in [3.8, 4) is 11.4 Å². The average molecular weight is 357 g/mol. The van der Waals surface area contributed by atoms with E-state index in [1.807, 2.05) is 48.5 Å². The maximum atomic E-state index is 12.4. The lowest BCUT2D eigenvalue weighted by Gasteiger charge is -2.07. The molecule has 1 heterocycles. The quantitative estimate of drug-likeness (QED) is 0.477. The van der Waals surface area contributed by atoms with Crippen LogP contribution in [0.25, 0.3) is 15.8 Å². The highest BCUT2D eigenvalue weighted by Crippen LogP contribution is 2.21. The molecule has 0 aliphatic heterocycles. The largest absolute Gasteiger partial charge is 0.494 e. The Kier molecular flexibility index (Phi) is 5.50. The van der Waals surface area contributed by atoms with Gasteiger partial charge in [-0.1, -0.05) is 23.7 Å². The fourth-order valence-electron chi connectivity index (χ4n) is 2.46. The van der Waals surface area contributed by atoms with Gasteiger partial charge in [0.25, 0.3) is 5.56 Å². The minimum atomic E-state index is -0.203. The Balaban J connectivity index is 1.63. The molecule has 3 aromatic rings. The van der Waals surface area contributed by atoms with Crippen LogP contribution in [0.5, 0.6) is 5.75 Å². The van der Waals surface area contributed by atoms with E-state index in [-0.39, 0.29) is 11.5 Å². The molecule has 2 aromatic carbocycles. The van der Waals surface area contributed by atoms with Gasteiger partial charge < -0.3 is 9.47 Å². The van der Waals surface area contributed by atoms with Gasteiger partial charge in [-0.3, -0.25) is 9.59 Å². The molecule has 3 rings (SSSR count). The molecule has 0 bridgehead atoms. The number of rotatable bonds is 7. The molecule has 0 N–H and O–H groups in total. The molecule has 0 atom stereocenters. The van der Waals surface area contributed by atoms with Crippen LogP contribution in [0.3, 0.4) is 0 Å². The smallest absolute Gasteiger partial charge is 0.305 e. The summed E-state index contributed by atoms with van der Waals surface area (Å²) in [5, 5.41) is 0.729. The van der Waals surface area contributed by atoms with E-state index in [4.69, 9.17) is 9.47 Å². The van der Waals surface area contributed by atoms with Crippen molar-refractivity contribution in [2.45, 2.75) is 19.8 Å². The zero-order chi connectivity index (χ0) is 17.6.